The van der Waals surface area contributed by atoms with E-state index < -0.39 is 0 Å². The van der Waals surface area contributed by atoms with Crippen molar-refractivity contribution >= 4 is 0 Å². The summed E-state index contributed by atoms with van der Waals surface area (Å²) in [5.74, 6) is 3.51. The van der Waals surface area contributed by atoms with Crippen LogP contribution >= 0.6 is 0 Å². The van der Waals surface area contributed by atoms with Crippen molar-refractivity contribution in [2.24, 2.45) is 0 Å². The number of nitrogens with zero attached hydrogens (tertiary/aromatic N) is 3. The number of fused-ring (bicyclic) bond motifs is 1. The molecule has 0 saturated heterocycles. The van der Waals surface area contributed by atoms with E-state index in [-0.39, 0.29) is 11.8 Å². The summed E-state index contributed by atoms with van der Waals surface area (Å²) in [6, 6.07) is 5.49. The fourth-order valence-electron chi connectivity index (χ4n) is 2.44. The Morgan fingerprint density at radius 1 is 1.53 bits per heavy atom. The molecule has 2 aromatic heterocycles. The molecule has 0 amide bonds. The van der Waals surface area contributed by atoms with Crippen molar-refractivity contribution in [1.82, 2.24) is 20.1 Å². The maximum absolute atomic E-state index is 10.4. The van der Waals surface area contributed by atoms with Crippen molar-refractivity contribution in [2.45, 2.75) is 18.9 Å². The highest BCUT2D eigenvalue weighted by Crippen LogP contribution is 2.34. The molecule has 0 aromatic carbocycles. The van der Waals surface area contributed by atoms with Crippen LogP contribution in [0, 0.1) is 12.3 Å². The van der Waals surface area contributed by atoms with E-state index in [1.807, 2.05) is 18.2 Å². The maximum atomic E-state index is 10.4. The van der Waals surface area contributed by atoms with Gasteiger partial charge in [0, 0.05) is 37.2 Å². The Labute approximate surface area is 111 Å². The fourth-order valence-corrected chi connectivity index (χ4v) is 2.44. The number of pyridine rings is 1. The van der Waals surface area contributed by atoms with E-state index in [0.29, 0.717) is 18.8 Å². The standard InChI is InChI=1S/C14H14N4O/c1-2-5-10-8-15-9-11-13(10)14(19)18(17-11)12-6-3-4-7-16-12/h1,3-4,6-7,10,15,19H,5,8-9H2. The Morgan fingerprint density at radius 2 is 2.42 bits per heavy atom. The molecule has 0 aliphatic carbocycles. The van der Waals surface area contributed by atoms with Crippen LogP contribution in [0.2, 0.25) is 0 Å². The van der Waals surface area contributed by atoms with Gasteiger partial charge in [0.1, 0.15) is 0 Å². The van der Waals surface area contributed by atoms with E-state index in [9.17, 15) is 5.11 Å². The molecule has 2 aromatic rings. The lowest BCUT2D eigenvalue weighted by Gasteiger charge is -2.20. The van der Waals surface area contributed by atoms with Crippen LogP contribution in [-0.4, -0.2) is 26.4 Å². The first-order valence-electron chi connectivity index (χ1n) is 6.17. The topological polar surface area (TPSA) is 63.0 Å². The first-order valence-corrected chi connectivity index (χ1v) is 6.17. The minimum absolute atomic E-state index is 0.103. The van der Waals surface area contributed by atoms with Crippen LogP contribution in [-0.2, 0) is 6.54 Å². The van der Waals surface area contributed by atoms with Crippen molar-refractivity contribution in [3.05, 3.63) is 35.7 Å². The molecule has 5 heteroatoms. The zero-order valence-electron chi connectivity index (χ0n) is 10.4. The largest absolute Gasteiger partial charge is 0.493 e. The van der Waals surface area contributed by atoms with E-state index in [2.05, 4.69) is 21.3 Å². The van der Waals surface area contributed by atoms with Crippen molar-refractivity contribution in [2.75, 3.05) is 6.54 Å². The van der Waals surface area contributed by atoms with Gasteiger partial charge in [0.2, 0.25) is 5.88 Å². The van der Waals surface area contributed by atoms with Crippen molar-refractivity contribution in [1.29, 1.82) is 0 Å². The number of hydrogen-bond donors (Lipinski definition) is 2. The number of rotatable bonds is 2. The molecule has 3 rings (SSSR count). The molecule has 1 aliphatic heterocycles. The second-order valence-electron chi connectivity index (χ2n) is 4.52. The zero-order valence-corrected chi connectivity index (χ0v) is 10.4. The first kappa shape index (κ1) is 11.8. The summed E-state index contributed by atoms with van der Waals surface area (Å²) in [6.07, 6.45) is 7.64. The number of hydrogen-bond acceptors (Lipinski definition) is 4. The second-order valence-corrected chi connectivity index (χ2v) is 4.52. The van der Waals surface area contributed by atoms with E-state index in [4.69, 9.17) is 6.42 Å². The second kappa shape index (κ2) is 4.75. The lowest BCUT2D eigenvalue weighted by atomic mass is 9.93. The number of nitrogens with one attached hydrogen (secondary N) is 1. The smallest absolute Gasteiger partial charge is 0.219 e. The normalized spacial score (nSPS) is 17.7. The van der Waals surface area contributed by atoms with Gasteiger partial charge in [-0.1, -0.05) is 6.07 Å². The Bertz CT molecular complexity index is 627. The molecule has 1 aliphatic rings. The molecule has 19 heavy (non-hydrogen) atoms. The average molecular weight is 254 g/mol. The quantitative estimate of drug-likeness (QED) is 0.790. The molecule has 0 fully saturated rings. The van der Waals surface area contributed by atoms with Crippen molar-refractivity contribution in [3.8, 4) is 24.0 Å². The molecule has 2 N–H and O–H groups in total. The SMILES string of the molecule is C#CCC1CNCc2nn(-c3ccccn3)c(O)c21. The Balaban J connectivity index is 2.09. The van der Waals surface area contributed by atoms with E-state index in [1.165, 1.54) is 4.68 Å². The third-order valence-corrected chi connectivity index (χ3v) is 3.30. The van der Waals surface area contributed by atoms with Crippen LogP contribution in [0.5, 0.6) is 5.88 Å². The van der Waals surface area contributed by atoms with Gasteiger partial charge >= 0.3 is 0 Å². The van der Waals surface area contributed by atoms with Gasteiger partial charge in [-0.15, -0.1) is 12.3 Å². The highest BCUT2D eigenvalue weighted by Gasteiger charge is 2.28. The van der Waals surface area contributed by atoms with Gasteiger partial charge in [-0.3, -0.25) is 0 Å². The van der Waals surface area contributed by atoms with E-state index in [0.717, 1.165) is 17.8 Å². The Kier molecular flexibility index (Phi) is 2.94. The predicted octanol–water partition coefficient (Wildman–Crippen LogP) is 1.18. The van der Waals surface area contributed by atoms with Crippen LogP contribution in [0.15, 0.2) is 24.4 Å². The van der Waals surface area contributed by atoms with Gasteiger partial charge in [-0.05, 0) is 12.1 Å². The molecular formula is C14H14N4O. The Morgan fingerprint density at radius 3 is 3.16 bits per heavy atom. The number of terminal acetylenes is 1. The lowest BCUT2D eigenvalue weighted by molar-refractivity contribution is 0.418. The molecule has 0 spiro atoms. The Hall–Kier alpha value is -2.32. The van der Waals surface area contributed by atoms with Crippen molar-refractivity contribution < 1.29 is 5.11 Å². The van der Waals surface area contributed by atoms with Gasteiger partial charge < -0.3 is 10.4 Å². The third kappa shape index (κ3) is 1.96. The molecule has 0 bridgehead atoms. The number of aromatic nitrogens is 3. The van der Waals surface area contributed by atoms with E-state index >= 15 is 0 Å². The molecule has 3 heterocycles. The number of aromatic hydroxyl groups is 1. The van der Waals surface area contributed by atoms with Crippen LogP contribution < -0.4 is 5.32 Å². The highest BCUT2D eigenvalue weighted by atomic mass is 16.3. The van der Waals surface area contributed by atoms with Gasteiger partial charge in [-0.25, -0.2) is 4.98 Å². The zero-order chi connectivity index (χ0) is 13.2. The summed E-state index contributed by atoms with van der Waals surface area (Å²) in [5, 5.41) is 18.1. The van der Waals surface area contributed by atoms with Crippen LogP contribution in [0.1, 0.15) is 23.6 Å². The minimum atomic E-state index is 0.103. The van der Waals surface area contributed by atoms with Gasteiger partial charge in [0.15, 0.2) is 5.82 Å². The summed E-state index contributed by atoms with van der Waals surface area (Å²) in [7, 11) is 0. The summed E-state index contributed by atoms with van der Waals surface area (Å²) in [4.78, 5) is 4.20. The summed E-state index contributed by atoms with van der Waals surface area (Å²) in [5.41, 5.74) is 1.69. The summed E-state index contributed by atoms with van der Waals surface area (Å²) < 4.78 is 1.47. The predicted molar refractivity (Wildman–Crippen MR) is 70.9 cm³/mol. The lowest BCUT2D eigenvalue weighted by Crippen LogP contribution is -2.27. The molecule has 96 valence electrons. The summed E-state index contributed by atoms with van der Waals surface area (Å²) in [6.45, 7) is 1.41. The molecule has 0 radical (unpaired) electrons. The molecule has 1 unspecified atom stereocenters. The van der Waals surface area contributed by atoms with Crippen LogP contribution in [0.25, 0.3) is 5.82 Å². The maximum Gasteiger partial charge on any atom is 0.219 e. The first-order chi connectivity index (χ1) is 9.31. The molecule has 0 saturated carbocycles. The molecule has 5 nitrogen and oxygen atoms in total. The van der Waals surface area contributed by atoms with Crippen LogP contribution in [0.4, 0.5) is 0 Å². The third-order valence-electron chi connectivity index (χ3n) is 3.30. The van der Waals surface area contributed by atoms with Gasteiger partial charge in [0.05, 0.1) is 5.69 Å². The molecular weight excluding hydrogens is 240 g/mol. The summed E-state index contributed by atoms with van der Waals surface area (Å²) >= 11 is 0. The minimum Gasteiger partial charge on any atom is -0.493 e. The average Bonchev–Trinajstić information content (AvgIpc) is 2.79. The van der Waals surface area contributed by atoms with E-state index in [1.54, 1.807) is 6.20 Å². The van der Waals surface area contributed by atoms with Crippen molar-refractivity contribution in [3.63, 3.8) is 0 Å². The van der Waals surface area contributed by atoms with Crippen LogP contribution in [0.3, 0.4) is 0 Å². The monoisotopic (exact) mass is 254 g/mol. The van der Waals surface area contributed by atoms with Gasteiger partial charge in [-0.2, -0.15) is 9.78 Å². The van der Waals surface area contributed by atoms with Gasteiger partial charge in [0.25, 0.3) is 0 Å². The fraction of sp³-hybridized carbons (Fsp3) is 0.286. The highest BCUT2D eigenvalue weighted by molar-refractivity contribution is 5.41. The molecule has 1 atom stereocenters.